The van der Waals surface area contributed by atoms with E-state index in [9.17, 15) is 0 Å². The molecule has 0 bridgehead atoms. The maximum absolute atomic E-state index is 5.90. The summed E-state index contributed by atoms with van der Waals surface area (Å²) in [6.07, 6.45) is 7.76. The molecule has 0 radical (unpaired) electrons. The van der Waals surface area contributed by atoms with Gasteiger partial charge in [0.05, 0.1) is 12.2 Å². The van der Waals surface area contributed by atoms with Crippen LogP contribution in [-0.2, 0) is 20.0 Å². The Labute approximate surface area is 145 Å². The molecule has 7 nitrogen and oxygen atoms in total. The minimum atomic E-state index is 0.335. The lowest BCUT2D eigenvalue weighted by Gasteiger charge is -2.23. The molecule has 0 saturated carbocycles. The van der Waals surface area contributed by atoms with Crippen molar-refractivity contribution in [1.29, 1.82) is 0 Å². The van der Waals surface area contributed by atoms with Crippen LogP contribution in [0.15, 0.2) is 51.7 Å². The standard InChI is InChI=1S/C16H20N6OS/c1-12(8-13-9-17-6-7-18-13)21(2)10-14-4-5-15(23-14)24-16-20-19-11-22(16)3/h4-7,9,11-12H,8,10H2,1-3H3/t12-/m1/s1. The molecule has 0 aromatic carbocycles. The molecular weight excluding hydrogens is 324 g/mol. The van der Waals surface area contributed by atoms with E-state index >= 15 is 0 Å². The molecule has 0 fully saturated rings. The summed E-state index contributed by atoms with van der Waals surface area (Å²) in [5.74, 6) is 0.924. The van der Waals surface area contributed by atoms with Gasteiger partial charge in [-0.05, 0) is 37.9 Å². The van der Waals surface area contributed by atoms with Crippen LogP contribution in [0.4, 0.5) is 0 Å². The molecule has 8 heteroatoms. The van der Waals surface area contributed by atoms with E-state index in [4.69, 9.17) is 4.42 Å². The van der Waals surface area contributed by atoms with Gasteiger partial charge in [0.25, 0.3) is 0 Å². The molecule has 0 aliphatic heterocycles. The van der Waals surface area contributed by atoms with Crippen LogP contribution < -0.4 is 0 Å². The quantitative estimate of drug-likeness (QED) is 0.651. The summed E-state index contributed by atoms with van der Waals surface area (Å²) in [5.41, 5.74) is 0.995. The molecule has 0 spiro atoms. The summed E-state index contributed by atoms with van der Waals surface area (Å²) in [6.45, 7) is 2.91. The van der Waals surface area contributed by atoms with Crippen LogP contribution in [0.25, 0.3) is 0 Å². The van der Waals surface area contributed by atoms with E-state index in [0.29, 0.717) is 6.04 Å². The molecule has 3 aromatic rings. The highest BCUT2D eigenvalue weighted by molar-refractivity contribution is 7.99. The Balaban J connectivity index is 1.56. The van der Waals surface area contributed by atoms with E-state index < -0.39 is 0 Å². The maximum atomic E-state index is 5.90. The second-order valence-electron chi connectivity index (χ2n) is 5.71. The highest BCUT2D eigenvalue weighted by Gasteiger charge is 2.14. The summed E-state index contributed by atoms with van der Waals surface area (Å²) in [4.78, 5) is 10.7. The Morgan fingerprint density at radius 1 is 1.33 bits per heavy atom. The van der Waals surface area contributed by atoms with E-state index in [1.54, 1.807) is 18.7 Å². The molecular formula is C16H20N6OS. The molecule has 1 atom stereocenters. The third kappa shape index (κ3) is 4.21. The molecule has 126 valence electrons. The van der Waals surface area contributed by atoms with Crippen molar-refractivity contribution < 1.29 is 4.42 Å². The highest BCUT2D eigenvalue weighted by atomic mass is 32.2. The van der Waals surface area contributed by atoms with E-state index in [2.05, 4.69) is 39.0 Å². The van der Waals surface area contributed by atoms with E-state index in [-0.39, 0.29) is 0 Å². The first-order valence-electron chi connectivity index (χ1n) is 7.67. The Morgan fingerprint density at radius 3 is 2.92 bits per heavy atom. The second-order valence-corrected chi connectivity index (χ2v) is 6.68. The number of furan rings is 1. The van der Waals surface area contributed by atoms with Gasteiger partial charge in [-0.2, -0.15) is 0 Å². The zero-order valence-electron chi connectivity index (χ0n) is 14.0. The van der Waals surface area contributed by atoms with Crippen molar-refractivity contribution in [2.75, 3.05) is 7.05 Å². The van der Waals surface area contributed by atoms with Crippen molar-refractivity contribution >= 4 is 11.8 Å². The fourth-order valence-corrected chi connectivity index (χ4v) is 2.99. The van der Waals surface area contributed by atoms with E-state index in [1.165, 1.54) is 11.8 Å². The molecule has 0 aliphatic rings. The monoisotopic (exact) mass is 344 g/mol. The van der Waals surface area contributed by atoms with E-state index in [1.807, 2.05) is 29.9 Å². The van der Waals surface area contributed by atoms with Crippen molar-refractivity contribution in [3.05, 3.63) is 48.5 Å². The van der Waals surface area contributed by atoms with Crippen molar-refractivity contribution in [3.63, 3.8) is 0 Å². The topological polar surface area (TPSA) is 72.9 Å². The largest absolute Gasteiger partial charge is 0.453 e. The van der Waals surface area contributed by atoms with Crippen LogP contribution in [0.2, 0.25) is 0 Å². The van der Waals surface area contributed by atoms with Gasteiger partial charge in [0.1, 0.15) is 12.1 Å². The van der Waals surface area contributed by atoms with Crippen LogP contribution in [0, 0.1) is 0 Å². The minimum Gasteiger partial charge on any atom is -0.453 e. The van der Waals surface area contributed by atoms with Gasteiger partial charge in [0.2, 0.25) is 0 Å². The lowest BCUT2D eigenvalue weighted by atomic mass is 10.1. The Hall–Kier alpha value is -2.19. The molecule has 3 rings (SSSR count). The lowest BCUT2D eigenvalue weighted by molar-refractivity contribution is 0.222. The maximum Gasteiger partial charge on any atom is 0.198 e. The number of likely N-dealkylation sites (N-methyl/N-ethyl adjacent to an activating group) is 1. The summed E-state index contributed by atoms with van der Waals surface area (Å²) in [5, 5.41) is 9.54. The number of rotatable bonds is 7. The summed E-state index contributed by atoms with van der Waals surface area (Å²) >= 11 is 1.47. The van der Waals surface area contributed by atoms with Gasteiger partial charge in [-0.25, -0.2) is 0 Å². The van der Waals surface area contributed by atoms with Crippen molar-refractivity contribution in [2.45, 2.75) is 36.2 Å². The van der Waals surface area contributed by atoms with Crippen molar-refractivity contribution in [1.82, 2.24) is 29.6 Å². The van der Waals surface area contributed by atoms with Crippen molar-refractivity contribution in [2.24, 2.45) is 7.05 Å². The Morgan fingerprint density at radius 2 is 2.21 bits per heavy atom. The van der Waals surface area contributed by atoms with Crippen LogP contribution in [0.1, 0.15) is 18.4 Å². The van der Waals surface area contributed by atoms with Crippen LogP contribution in [-0.4, -0.2) is 42.7 Å². The molecule has 0 amide bonds. The predicted molar refractivity (Wildman–Crippen MR) is 90.5 cm³/mol. The van der Waals surface area contributed by atoms with Gasteiger partial charge in [0.15, 0.2) is 10.2 Å². The summed E-state index contributed by atoms with van der Waals surface area (Å²) in [6, 6.07) is 4.31. The van der Waals surface area contributed by atoms with Gasteiger partial charge < -0.3 is 8.98 Å². The number of aromatic nitrogens is 5. The normalized spacial score (nSPS) is 12.7. The summed E-state index contributed by atoms with van der Waals surface area (Å²) in [7, 11) is 3.99. The third-order valence-electron chi connectivity index (χ3n) is 3.78. The van der Waals surface area contributed by atoms with Gasteiger partial charge in [-0.3, -0.25) is 14.9 Å². The third-order valence-corrected chi connectivity index (χ3v) is 4.75. The molecule has 0 unspecified atom stereocenters. The minimum absolute atomic E-state index is 0.335. The van der Waals surface area contributed by atoms with Gasteiger partial charge in [-0.1, -0.05) is 0 Å². The van der Waals surface area contributed by atoms with Crippen LogP contribution >= 0.6 is 11.8 Å². The molecule has 0 saturated heterocycles. The first-order valence-corrected chi connectivity index (χ1v) is 8.49. The van der Waals surface area contributed by atoms with Crippen LogP contribution in [0.5, 0.6) is 0 Å². The average molecular weight is 344 g/mol. The van der Waals surface area contributed by atoms with Crippen LogP contribution in [0.3, 0.4) is 0 Å². The molecule has 3 heterocycles. The number of hydrogen-bond donors (Lipinski definition) is 0. The number of nitrogens with zero attached hydrogens (tertiary/aromatic N) is 6. The van der Waals surface area contributed by atoms with E-state index in [0.717, 1.165) is 34.7 Å². The van der Waals surface area contributed by atoms with Gasteiger partial charge >= 0.3 is 0 Å². The lowest BCUT2D eigenvalue weighted by Crippen LogP contribution is -2.30. The molecule has 0 aliphatic carbocycles. The SMILES string of the molecule is C[C@H](Cc1cnccn1)N(C)Cc1ccc(Sc2nncn2C)o1. The van der Waals surface area contributed by atoms with Gasteiger partial charge in [0, 0.05) is 38.1 Å². The Bertz CT molecular complexity index is 772. The fraction of sp³-hybridized carbons (Fsp3) is 0.375. The predicted octanol–water partition coefficient (Wildman–Crippen LogP) is 2.41. The summed E-state index contributed by atoms with van der Waals surface area (Å²) < 4.78 is 7.76. The average Bonchev–Trinajstić information content (AvgIpc) is 3.18. The molecule has 3 aromatic heterocycles. The first kappa shape index (κ1) is 16.7. The van der Waals surface area contributed by atoms with Crippen molar-refractivity contribution in [3.8, 4) is 0 Å². The first-order chi connectivity index (χ1) is 11.6. The second kappa shape index (κ2) is 7.59. The number of hydrogen-bond acceptors (Lipinski definition) is 7. The fourth-order valence-electron chi connectivity index (χ4n) is 2.25. The highest BCUT2D eigenvalue weighted by Crippen LogP contribution is 2.27. The zero-order valence-corrected chi connectivity index (χ0v) is 14.8. The smallest absolute Gasteiger partial charge is 0.198 e. The zero-order chi connectivity index (χ0) is 16.9. The number of aryl methyl sites for hydroxylation is 1. The molecule has 24 heavy (non-hydrogen) atoms. The Kier molecular flexibility index (Phi) is 5.27. The molecule has 0 N–H and O–H groups in total. The van der Waals surface area contributed by atoms with Gasteiger partial charge in [-0.15, -0.1) is 10.2 Å².